The highest BCUT2D eigenvalue weighted by atomic mass is 127. The Morgan fingerprint density at radius 1 is 1.07 bits per heavy atom. The molecule has 0 aliphatic carbocycles. The Balaban J connectivity index is 0.00000364. The van der Waals surface area contributed by atoms with E-state index in [0.29, 0.717) is 6.04 Å². The summed E-state index contributed by atoms with van der Waals surface area (Å²) in [5.74, 6) is 1.85. The maximum atomic E-state index is 5.15. The van der Waals surface area contributed by atoms with Crippen LogP contribution in [0.25, 0.3) is 0 Å². The lowest BCUT2D eigenvalue weighted by Crippen LogP contribution is -2.49. The van der Waals surface area contributed by atoms with Crippen LogP contribution in [0, 0.1) is 5.92 Å². The van der Waals surface area contributed by atoms with Crippen molar-refractivity contribution < 1.29 is 4.74 Å². The van der Waals surface area contributed by atoms with E-state index < -0.39 is 0 Å². The Morgan fingerprint density at radius 2 is 1.74 bits per heavy atom. The number of methoxy groups -OCH3 is 1. The molecular formula is C20H42IN5O. The van der Waals surface area contributed by atoms with Crippen molar-refractivity contribution in [2.24, 2.45) is 10.9 Å². The molecular weight excluding hydrogens is 453 g/mol. The summed E-state index contributed by atoms with van der Waals surface area (Å²) in [4.78, 5) is 9.54. The van der Waals surface area contributed by atoms with E-state index in [-0.39, 0.29) is 24.0 Å². The maximum absolute atomic E-state index is 5.15. The number of piperidine rings is 2. The zero-order valence-electron chi connectivity index (χ0n) is 17.7. The van der Waals surface area contributed by atoms with E-state index in [1.165, 1.54) is 64.8 Å². The van der Waals surface area contributed by atoms with Crippen molar-refractivity contribution in [1.82, 2.24) is 20.4 Å². The molecule has 2 fully saturated rings. The third-order valence-electron chi connectivity index (χ3n) is 5.97. The molecule has 0 radical (unpaired) electrons. The average molecular weight is 495 g/mol. The summed E-state index contributed by atoms with van der Waals surface area (Å²) in [5.41, 5.74) is 0. The summed E-state index contributed by atoms with van der Waals surface area (Å²) >= 11 is 0. The van der Waals surface area contributed by atoms with Crippen LogP contribution in [0.3, 0.4) is 0 Å². The molecule has 2 heterocycles. The van der Waals surface area contributed by atoms with E-state index >= 15 is 0 Å². The van der Waals surface area contributed by atoms with Crippen LogP contribution >= 0.6 is 24.0 Å². The maximum Gasteiger partial charge on any atom is 0.191 e. The number of likely N-dealkylation sites (tertiary alicyclic amines) is 2. The Kier molecular flexibility index (Phi) is 13.7. The van der Waals surface area contributed by atoms with Crippen LogP contribution in [0.15, 0.2) is 4.99 Å². The van der Waals surface area contributed by atoms with E-state index in [9.17, 15) is 0 Å². The van der Waals surface area contributed by atoms with Gasteiger partial charge in [0, 0.05) is 53.0 Å². The Labute approximate surface area is 183 Å². The number of guanidine groups is 1. The molecule has 0 aromatic rings. The minimum Gasteiger partial charge on any atom is -0.385 e. The molecule has 0 aromatic carbocycles. The monoisotopic (exact) mass is 495 g/mol. The van der Waals surface area contributed by atoms with Crippen LogP contribution < -0.4 is 10.6 Å². The highest BCUT2D eigenvalue weighted by Gasteiger charge is 2.20. The summed E-state index contributed by atoms with van der Waals surface area (Å²) in [7, 11) is 3.66. The number of ether oxygens (including phenoxy) is 1. The second-order valence-electron chi connectivity index (χ2n) is 7.77. The van der Waals surface area contributed by atoms with Gasteiger partial charge in [0.15, 0.2) is 5.96 Å². The van der Waals surface area contributed by atoms with Crippen LogP contribution in [0.1, 0.15) is 45.4 Å². The van der Waals surface area contributed by atoms with Gasteiger partial charge in [-0.25, -0.2) is 0 Å². The second kappa shape index (κ2) is 14.8. The van der Waals surface area contributed by atoms with Crippen LogP contribution in [-0.2, 0) is 4.74 Å². The van der Waals surface area contributed by atoms with Crippen molar-refractivity contribution in [2.75, 3.05) is 66.6 Å². The van der Waals surface area contributed by atoms with E-state index in [1.54, 1.807) is 7.11 Å². The Hall–Kier alpha value is -0.120. The van der Waals surface area contributed by atoms with Crippen molar-refractivity contribution >= 4 is 29.9 Å². The third-order valence-corrected chi connectivity index (χ3v) is 5.97. The normalized spacial score (nSPS) is 21.1. The van der Waals surface area contributed by atoms with Gasteiger partial charge in [-0.2, -0.15) is 0 Å². The van der Waals surface area contributed by atoms with E-state index in [0.717, 1.165) is 38.0 Å². The predicted molar refractivity (Wildman–Crippen MR) is 125 cm³/mol. The molecule has 160 valence electrons. The molecule has 0 spiro atoms. The molecule has 6 nitrogen and oxygen atoms in total. The molecule has 0 unspecified atom stereocenters. The van der Waals surface area contributed by atoms with Gasteiger partial charge in [-0.1, -0.05) is 6.92 Å². The van der Waals surface area contributed by atoms with Crippen molar-refractivity contribution in [3.63, 3.8) is 0 Å². The smallest absolute Gasteiger partial charge is 0.191 e. The number of rotatable bonds is 9. The number of hydrogen-bond donors (Lipinski definition) is 2. The summed E-state index contributed by atoms with van der Waals surface area (Å²) in [5, 5.41) is 7.16. The summed E-state index contributed by atoms with van der Waals surface area (Å²) < 4.78 is 5.15. The van der Waals surface area contributed by atoms with E-state index in [1.807, 2.05) is 7.05 Å². The lowest BCUT2D eigenvalue weighted by atomic mass is 9.93. The van der Waals surface area contributed by atoms with Gasteiger partial charge < -0.3 is 25.2 Å². The molecule has 0 bridgehead atoms. The molecule has 0 aromatic heterocycles. The molecule has 2 rings (SSSR count). The van der Waals surface area contributed by atoms with Gasteiger partial charge in [0.25, 0.3) is 0 Å². The Morgan fingerprint density at radius 3 is 2.33 bits per heavy atom. The first-order valence-corrected chi connectivity index (χ1v) is 10.7. The lowest BCUT2D eigenvalue weighted by Gasteiger charge is -2.33. The molecule has 2 saturated heterocycles. The summed E-state index contributed by atoms with van der Waals surface area (Å²) in [6.07, 6.45) is 7.49. The van der Waals surface area contributed by atoms with E-state index in [2.05, 4.69) is 32.3 Å². The van der Waals surface area contributed by atoms with Crippen molar-refractivity contribution in [3.8, 4) is 0 Å². The highest BCUT2D eigenvalue weighted by Crippen LogP contribution is 2.19. The topological polar surface area (TPSA) is 52.1 Å². The standard InChI is InChI=1S/C20H41N5O.HI/c1-4-24-13-7-18(8-14-24)6-11-22-20(21-2)23-19-9-15-25(16-10-19)12-5-17-26-3;/h18-19H,4-17H2,1-3H3,(H2,21,22,23);1H. The molecule has 2 N–H and O–H groups in total. The van der Waals surface area contributed by atoms with Crippen LogP contribution in [-0.4, -0.2) is 88.4 Å². The fraction of sp³-hybridized carbons (Fsp3) is 0.950. The molecule has 27 heavy (non-hydrogen) atoms. The number of hydrogen-bond acceptors (Lipinski definition) is 4. The molecule has 2 aliphatic heterocycles. The molecule has 0 saturated carbocycles. The lowest BCUT2D eigenvalue weighted by molar-refractivity contribution is 0.155. The summed E-state index contributed by atoms with van der Waals surface area (Å²) in [6, 6.07) is 0.549. The third kappa shape index (κ3) is 9.76. The number of nitrogens with one attached hydrogen (secondary N) is 2. The zero-order chi connectivity index (χ0) is 18.6. The first kappa shape index (κ1) is 24.9. The number of aliphatic imine (C=N–C) groups is 1. The summed E-state index contributed by atoms with van der Waals surface area (Å²) in [6.45, 7) is 11.4. The highest BCUT2D eigenvalue weighted by molar-refractivity contribution is 14.0. The first-order valence-electron chi connectivity index (χ1n) is 10.7. The van der Waals surface area contributed by atoms with Crippen LogP contribution in [0.4, 0.5) is 0 Å². The predicted octanol–water partition coefficient (Wildman–Crippen LogP) is 2.39. The van der Waals surface area contributed by atoms with Gasteiger partial charge in [0.1, 0.15) is 0 Å². The van der Waals surface area contributed by atoms with Gasteiger partial charge in [0.2, 0.25) is 0 Å². The molecule has 7 heteroatoms. The van der Waals surface area contributed by atoms with Gasteiger partial charge in [-0.3, -0.25) is 4.99 Å². The van der Waals surface area contributed by atoms with Crippen LogP contribution in [0.2, 0.25) is 0 Å². The Bertz CT molecular complexity index is 394. The van der Waals surface area contributed by atoms with Gasteiger partial charge in [-0.05, 0) is 64.1 Å². The van der Waals surface area contributed by atoms with Crippen molar-refractivity contribution in [1.29, 1.82) is 0 Å². The van der Waals surface area contributed by atoms with Gasteiger partial charge >= 0.3 is 0 Å². The minimum atomic E-state index is 0. The van der Waals surface area contributed by atoms with Crippen molar-refractivity contribution in [2.45, 2.75) is 51.5 Å². The van der Waals surface area contributed by atoms with Crippen LogP contribution in [0.5, 0.6) is 0 Å². The largest absolute Gasteiger partial charge is 0.385 e. The van der Waals surface area contributed by atoms with Crippen molar-refractivity contribution in [3.05, 3.63) is 0 Å². The van der Waals surface area contributed by atoms with E-state index in [4.69, 9.17) is 4.74 Å². The minimum absolute atomic E-state index is 0. The first-order chi connectivity index (χ1) is 12.7. The van der Waals surface area contributed by atoms with Gasteiger partial charge in [0.05, 0.1) is 0 Å². The zero-order valence-corrected chi connectivity index (χ0v) is 20.0. The molecule has 0 amide bonds. The number of halogens is 1. The van der Waals surface area contributed by atoms with Gasteiger partial charge in [-0.15, -0.1) is 24.0 Å². The SMILES string of the molecule is CCN1CCC(CCNC(=NC)NC2CCN(CCCOC)CC2)CC1.I. The second-order valence-corrected chi connectivity index (χ2v) is 7.77. The average Bonchev–Trinajstić information content (AvgIpc) is 2.69. The fourth-order valence-corrected chi connectivity index (χ4v) is 4.11. The number of nitrogens with zero attached hydrogens (tertiary/aromatic N) is 3. The quantitative estimate of drug-likeness (QED) is 0.223. The molecule has 0 atom stereocenters. The fourth-order valence-electron chi connectivity index (χ4n) is 4.11. The molecule has 2 aliphatic rings.